The molecule has 0 bridgehead atoms. The molecule has 1 aromatic carbocycles. The van der Waals surface area contributed by atoms with Gasteiger partial charge in [-0.1, -0.05) is 70.9 Å². The fourth-order valence-corrected chi connectivity index (χ4v) is 3.78. The van der Waals surface area contributed by atoms with E-state index in [1.54, 1.807) is 45.0 Å². The van der Waals surface area contributed by atoms with Crippen LogP contribution in [0.1, 0.15) is 84.4 Å². The number of aliphatic hydroxyl groups is 1. The van der Waals surface area contributed by atoms with Crippen molar-refractivity contribution in [2.24, 2.45) is 5.92 Å². The number of carbonyl (C=O) groups is 3. The van der Waals surface area contributed by atoms with Crippen molar-refractivity contribution in [2.75, 3.05) is 19.7 Å². The summed E-state index contributed by atoms with van der Waals surface area (Å²) in [4.78, 5) is 41.3. The van der Waals surface area contributed by atoms with Crippen molar-refractivity contribution in [1.29, 1.82) is 0 Å². The number of unbranched alkanes of at least 4 members (excludes halogenated alkanes) is 2. The van der Waals surface area contributed by atoms with Crippen LogP contribution in [0.4, 0.5) is 4.79 Å². The lowest BCUT2D eigenvalue weighted by Gasteiger charge is -2.35. The van der Waals surface area contributed by atoms with Crippen molar-refractivity contribution < 1.29 is 24.2 Å². The predicted octanol–water partition coefficient (Wildman–Crippen LogP) is 4.44. The van der Waals surface area contributed by atoms with Crippen LogP contribution in [0, 0.1) is 5.92 Å². The van der Waals surface area contributed by atoms with Crippen molar-refractivity contribution in [3.05, 3.63) is 42.0 Å². The molecule has 3 unspecified atom stereocenters. The van der Waals surface area contributed by atoms with Crippen LogP contribution in [0.2, 0.25) is 0 Å². The number of amides is 3. The van der Waals surface area contributed by atoms with Crippen LogP contribution in [0.3, 0.4) is 0 Å². The highest BCUT2D eigenvalue weighted by molar-refractivity contribution is 5.92. The maximum Gasteiger partial charge on any atom is 0.408 e. The molecule has 1 aromatic rings. The van der Waals surface area contributed by atoms with Gasteiger partial charge in [0.15, 0.2) is 0 Å². The Kier molecular flexibility index (Phi) is 13.2. The van der Waals surface area contributed by atoms with Crippen molar-refractivity contribution in [3.8, 4) is 0 Å². The number of hydrogen-bond acceptors (Lipinski definition) is 5. The Morgan fingerprint density at radius 2 is 1.89 bits per heavy atom. The second-order valence-electron chi connectivity index (χ2n) is 10.0. The molecule has 8 heteroatoms. The first-order valence-corrected chi connectivity index (χ1v) is 12.9. The second kappa shape index (κ2) is 15.3. The highest BCUT2D eigenvalue weighted by Gasteiger charge is 2.37. The number of nitrogens with zero attached hydrogens (tertiary/aromatic N) is 1. The standard InChI is InChI=1S/C28H45N3O5/c1-8-11-12-16-29-25(33)24(22-15-13-14-21(10-3)19-22)31(17-18-32)26(34)23(20(4)9-2)30-27(35)36-28(5,6)7/h10,13-15,19-20,23-24,32H,3,8-9,11-12,16-18H2,1-2,4-7H3,(H,29,33)(H,30,35). The molecule has 3 amide bonds. The van der Waals surface area contributed by atoms with Gasteiger partial charge in [-0.3, -0.25) is 9.59 Å². The van der Waals surface area contributed by atoms with E-state index >= 15 is 0 Å². The summed E-state index contributed by atoms with van der Waals surface area (Å²) in [7, 11) is 0. The van der Waals surface area contributed by atoms with Crippen molar-refractivity contribution >= 4 is 24.0 Å². The summed E-state index contributed by atoms with van der Waals surface area (Å²) in [5, 5.41) is 15.5. The number of rotatable bonds is 14. The summed E-state index contributed by atoms with van der Waals surface area (Å²) in [6.45, 7) is 15.0. The monoisotopic (exact) mass is 503 g/mol. The molecule has 1 rings (SSSR count). The quantitative estimate of drug-likeness (QED) is 0.325. The van der Waals surface area contributed by atoms with E-state index < -0.39 is 29.7 Å². The summed E-state index contributed by atoms with van der Waals surface area (Å²) >= 11 is 0. The molecule has 0 radical (unpaired) electrons. The van der Waals surface area contributed by atoms with Gasteiger partial charge < -0.3 is 25.4 Å². The van der Waals surface area contributed by atoms with E-state index in [4.69, 9.17) is 4.74 Å². The number of alkyl carbamates (subject to hydrolysis) is 1. The molecule has 0 aliphatic carbocycles. The van der Waals surface area contributed by atoms with E-state index in [2.05, 4.69) is 24.1 Å². The molecule has 0 aliphatic rings. The average molecular weight is 504 g/mol. The van der Waals surface area contributed by atoms with Gasteiger partial charge in [-0.05, 0) is 50.3 Å². The lowest BCUT2D eigenvalue weighted by Crippen LogP contribution is -2.55. The van der Waals surface area contributed by atoms with Crippen LogP contribution >= 0.6 is 0 Å². The summed E-state index contributed by atoms with van der Waals surface area (Å²) in [6, 6.07) is 5.32. The minimum absolute atomic E-state index is 0.0763. The van der Waals surface area contributed by atoms with Crippen LogP contribution in [0.25, 0.3) is 6.08 Å². The molecule has 0 fully saturated rings. The molecule has 3 atom stereocenters. The fourth-order valence-electron chi connectivity index (χ4n) is 3.78. The van der Waals surface area contributed by atoms with E-state index in [0.29, 0.717) is 18.5 Å². The zero-order valence-electron chi connectivity index (χ0n) is 22.8. The SMILES string of the molecule is C=Cc1cccc(C(C(=O)NCCCCC)N(CCO)C(=O)C(NC(=O)OC(C)(C)C)C(C)CC)c1. The number of aliphatic hydroxyl groups excluding tert-OH is 1. The van der Waals surface area contributed by atoms with Crippen LogP contribution in [-0.4, -0.2) is 59.3 Å². The second-order valence-corrected chi connectivity index (χ2v) is 10.0. The van der Waals surface area contributed by atoms with Gasteiger partial charge in [0.25, 0.3) is 0 Å². The molecule has 0 heterocycles. The summed E-state index contributed by atoms with van der Waals surface area (Å²) in [6.07, 6.45) is 4.39. The van der Waals surface area contributed by atoms with E-state index in [0.717, 1.165) is 24.8 Å². The number of nitrogens with one attached hydrogen (secondary N) is 2. The Morgan fingerprint density at radius 3 is 2.44 bits per heavy atom. The Labute approximate surface area is 216 Å². The molecule has 0 saturated carbocycles. The molecule has 0 aromatic heterocycles. The maximum absolute atomic E-state index is 13.9. The average Bonchev–Trinajstić information content (AvgIpc) is 2.83. The molecular formula is C28H45N3O5. The Morgan fingerprint density at radius 1 is 1.19 bits per heavy atom. The lowest BCUT2D eigenvalue weighted by molar-refractivity contribution is -0.144. The minimum atomic E-state index is -0.988. The van der Waals surface area contributed by atoms with Gasteiger partial charge >= 0.3 is 6.09 Å². The highest BCUT2D eigenvalue weighted by Crippen LogP contribution is 2.25. The summed E-state index contributed by atoms with van der Waals surface area (Å²) in [5.74, 6) is -1.03. The Balaban J connectivity index is 3.43. The molecule has 36 heavy (non-hydrogen) atoms. The van der Waals surface area contributed by atoms with Gasteiger partial charge in [-0.15, -0.1) is 0 Å². The molecule has 0 spiro atoms. The van der Waals surface area contributed by atoms with Crippen LogP contribution < -0.4 is 10.6 Å². The topological polar surface area (TPSA) is 108 Å². The Bertz CT molecular complexity index is 865. The van der Waals surface area contributed by atoms with Crippen molar-refractivity contribution in [2.45, 2.75) is 84.9 Å². The van der Waals surface area contributed by atoms with E-state index in [-0.39, 0.29) is 25.0 Å². The zero-order valence-corrected chi connectivity index (χ0v) is 22.8. The third-order valence-corrected chi connectivity index (χ3v) is 5.88. The number of hydrogen-bond donors (Lipinski definition) is 3. The molecule has 0 aliphatic heterocycles. The molecule has 0 saturated heterocycles. The van der Waals surface area contributed by atoms with E-state index in [9.17, 15) is 19.5 Å². The van der Waals surface area contributed by atoms with Crippen LogP contribution in [0.5, 0.6) is 0 Å². The minimum Gasteiger partial charge on any atom is -0.444 e. The first kappa shape index (κ1) is 31.2. The van der Waals surface area contributed by atoms with Gasteiger partial charge in [-0.25, -0.2) is 4.79 Å². The fraction of sp³-hybridized carbons (Fsp3) is 0.607. The van der Waals surface area contributed by atoms with Crippen LogP contribution in [-0.2, 0) is 14.3 Å². The third-order valence-electron chi connectivity index (χ3n) is 5.88. The van der Waals surface area contributed by atoms with E-state index in [1.807, 2.05) is 19.9 Å². The largest absolute Gasteiger partial charge is 0.444 e. The molecular weight excluding hydrogens is 458 g/mol. The number of benzene rings is 1. The molecule has 3 N–H and O–H groups in total. The van der Waals surface area contributed by atoms with Crippen molar-refractivity contribution in [1.82, 2.24) is 15.5 Å². The number of ether oxygens (including phenoxy) is 1. The predicted molar refractivity (Wildman–Crippen MR) is 143 cm³/mol. The lowest BCUT2D eigenvalue weighted by atomic mass is 9.95. The highest BCUT2D eigenvalue weighted by atomic mass is 16.6. The van der Waals surface area contributed by atoms with Gasteiger partial charge in [-0.2, -0.15) is 0 Å². The smallest absolute Gasteiger partial charge is 0.408 e. The van der Waals surface area contributed by atoms with E-state index in [1.165, 1.54) is 4.90 Å². The van der Waals surface area contributed by atoms with Gasteiger partial charge in [0.2, 0.25) is 11.8 Å². The Hall–Kier alpha value is -2.87. The van der Waals surface area contributed by atoms with Gasteiger partial charge in [0.1, 0.15) is 17.7 Å². The van der Waals surface area contributed by atoms with Crippen molar-refractivity contribution in [3.63, 3.8) is 0 Å². The first-order chi connectivity index (χ1) is 17.0. The maximum atomic E-state index is 13.9. The first-order valence-electron chi connectivity index (χ1n) is 12.9. The normalized spacial score (nSPS) is 13.8. The number of carbonyl (C=O) groups excluding carboxylic acids is 3. The van der Waals surface area contributed by atoms with Crippen LogP contribution in [0.15, 0.2) is 30.8 Å². The summed E-state index contributed by atoms with van der Waals surface area (Å²) in [5.41, 5.74) is 0.671. The zero-order chi connectivity index (χ0) is 27.3. The van der Waals surface area contributed by atoms with Gasteiger partial charge in [0, 0.05) is 13.1 Å². The molecule has 8 nitrogen and oxygen atoms in total. The summed E-state index contributed by atoms with van der Waals surface area (Å²) < 4.78 is 5.39. The molecule has 202 valence electrons. The van der Waals surface area contributed by atoms with Gasteiger partial charge in [0.05, 0.1) is 6.61 Å². The third kappa shape index (κ3) is 10.0.